The Labute approximate surface area is 109 Å². The highest BCUT2D eigenvalue weighted by Crippen LogP contribution is 2.30. The van der Waals surface area contributed by atoms with Crippen LogP contribution in [0.4, 0.5) is 5.69 Å². The largest absolute Gasteiger partial charge is 0.437 e. The molecule has 17 heavy (non-hydrogen) atoms. The molecular weight excluding hydrogens is 282 g/mol. The summed E-state index contributed by atoms with van der Waals surface area (Å²) >= 11 is 3.38. The van der Waals surface area contributed by atoms with E-state index >= 15 is 0 Å². The van der Waals surface area contributed by atoms with E-state index in [2.05, 4.69) is 21.0 Å². The zero-order valence-electron chi connectivity index (χ0n) is 9.77. The number of nitrogen functional groups attached to an aromatic ring is 1. The number of hydrogen-bond donors (Lipinski definition) is 1. The molecule has 0 unspecified atom stereocenters. The van der Waals surface area contributed by atoms with Gasteiger partial charge in [-0.1, -0.05) is 15.9 Å². The molecule has 2 rings (SSSR count). The third-order valence-electron chi connectivity index (χ3n) is 2.45. The molecule has 0 saturated heterocycles. The van der Waals surface area contributed by atoms with Crippen LogP contribution in [0, 0.1) is 6.92 Å². The quantitative estimate of drug-likeness (QED) is 0.945. The number of ether oxygens (including phenoxy) is 1. The van der Waals surface area contributed by atoms with E-state index < -0.39 is 0 Å². The lowest BCUT2D eigenvalue weighted by Crippen LogP contribution is -2.00. The summed E-state index contributed by atoms with van der Waals surface area (Å²) < 4.78 is 8.53. The van der Waals surface area contributed by atoms with E-state index in [9.17, 15) is 0 Å². The number of benzene rings is 1. The first-order chi connectivity index (χ1) is 8.11. The molecule has 1 heterocycles. The van der Waals surface area contributed by atoms with Crippen LogP contribution in [0.15, 0.2) is 28.7 Å². The molecule has 0 aliphatic heterocycles. The second-order valence-corrected chi connectivity index (χ2v) is 4.59. The minimum Gasteiger partial charge on any atom is -0.437 e. The number of hydrogen-bond acceptors (Lipinski definition) is 3. The molecule has 0 amide bonds. The van der Waals surface area contributed by atoms with E-state index in [4.69, 9.17) is 10.5 Å². The Morgan fingerprint density at radius 2 is 2.00 bits per heavy atom. The Morgan fingerprint density at radius 3 is 2.59 bits per heavy atom. The second kappa shape index (κ2) is 4.79. The molecule has 0 aliphatic carbocycles. The average Bonchev–Trinajstić information content (AvgIpc) is 2.59. The summed E-state index contributed by atoms with van der Waals surface area (Å²) in [5.41, 5.74) is 7.32. The van der Waals surface area contributed by atoms with Crippen LogP contribution in [-0.4, -0.2) is 9.78 Å². The smallest absolute Gasteiger partial charge is 0.241 e. The van der Waals surface area contributed by atoms with Crippen molar-refractivity contribution >= 4 is 21.6 Å². The maximum atomic E-state index is 5.94. The highest BCUT2D eigenvalue weighted by molar-refractivity contribution is 9.10. The third kappa shape index (κ3) is 2.44. The van der Waals surface area contributed by atoms with Crippen molar-refractivity contribution < 1.29 is 4.74 Å². The molecule has 0 atom stereocenters. The first-order valence-electron chi connectivity index (χ1n) is 5.38. The summed E-state index contributed by atoms with van der Waals surface area (Å²) in [6, 6.07) is 7.60. The molecule has 0 bridgehead atoms. The van der Waals surface area contributed by atoms with E-state index in [1.807, 2.05) is 38.1 Å². The highest BCUT2D eigenvalue weighted by Gasteiger charge is 2.13. The van der Waals surface area contributed by atoms with E-state index in [0.717, 1.165) is 22.5 Å². The highest BCUT2D eigenvalue weighted by atomic mass is 79.9. The summed E-state index contributed by atoms with van der Waals surface area (Å²) in [6.07, 6.45) is 0. The lowest BCUT2D eigenvalue weighted by molar-refractivity contribution is 0.418. The number of aryl methyl sites for hydroxylation is 2. The zero-order valence-corrected chi connectivity index (χ0v) is 11.4. The van der Waals surface area contributed by atoms with Crippen LogP contribution in [0.1, 0.15) is 12.6 Å². The molecule has 1 aromatic carbocycles. The van der Waals surface area contributed by atoms with Crippen LogP contribution < -0.4 is 10.5 Å². The Bertz CT molecular complexity index is 519. The molecule has 1 aromatic heterocycles. The van der Waals surface area contributed by atoms with Gasteiger partial charge >= 0.3 is 0 Å². The lowest BCUT2D eigenvalue weighted by Gasteiger charge is -2.08. The normalized spacial score (nSPS) is 10.5. The van der Waals surface area contributed by atoms with E-state index in [-0.39, 0.29) is 0 Å². The van der Waals surface area contributed by atoms with Gasteiger partial charge in [0.15, 0.2) is 0 Å². The maximum absolute atomic E-state index is 5.94. The van der Waals surface area contributed by atoms with Crippen molar-refractivity contribution in [2.24, 2.45) is 0 Å². The molecular formula is C12H14BrN3O. The second-order valence-electron chi connectivity index (χ2n) is 3.68. The Hall–Kier alpha value is -1.49. The number of halogens is 1. The number of nitrogens with two attached hydrogens (primary N) is 1. The van der Waals surface area contributed by atoms with Crippen molar-refractivity contribution in [1.82, 2.24) is 9.78 Å². The van der Waals surface area contributed by atoms with Gasteiger partial charge in [0, 0.05) is 11.0 Å². The Balaban J connectivity index is 2.32. The van der Waals surface area contributed by atoms with Crippen LogP contribution in [0.2, 0.25) is 0 Å². The molecule has 0 spiro atoms. The van der Waals surface area contributed by atoms with Gasteiger partial charge in [0.1, 0.15) is 11.4 Å². The van der Waals surface area contributed by atoms with Gasteiger partial charge in [-0.2, -0.15) is 5.10 Å². The molecule has 2 aromatic rings. The number of nitrogens with zero attached hydrogens (tertiary/aromatic N) is 2. The fourth-order valence-electron chi connectivity index (χ4n) is 1.51. The van der Waals surface area contributed by atoms with Crippen LogP contribution in [0.5, 0.6) is 11.6 Å². The van der Waals surface area contributed by atoms with Crippen LogP contribution in [-0.2, 0) is 6.54 Å². The standard InChI is InChI=1S/C12H14BrN3O/c1-3-16-12(11(14)8(2)15-16)17-10-6-4-9(13)5-7-10/h4-7H,3,14H2,1-2H3. The topological polar surface area (TPSA) is 53.1 Å². The minimum absolute atomic E-state index is 0.592. The number of rotatable bonds is 3. The molecule has 4 nitrogen and oxygen atoms in total. The molecule has 0 aliphatic rings. The first-order valence-corrected chi connectivity index (χ1v) is 6.17. The summed E-state index contributed by atoms with van der Waals surface area (Å²) in [4.78, 5) is 0. The van der Waals surface area contributed by atoms with Gasteiger partial charge in [-0.3, -0.25) is 0 Å². The molecule has 2 N–H and O–H groups in total. The predicted octanol–water partition coefficient (Wildman–Crippen LogP) is 3.35. The summed E-state index contributed by atoms with van der Waals surface area (Å²) in [7, 11) is 0. The van der Waals surface area contributed by atoms with Gasteiger partial charge < -0.3 is 10.5 Å². The Morgan fingerprint density at radius 1 is 1.35 bits per heavy atom. The monoisotopic (exact) mass is 295 g/mol. The molecule has 5 heteroatoms. The van der Waals surface area contributed by atoms with E-state index in [1.165, 1.54) is 0 Å². The van der Waals surface area contributed by atoms with Crippen molar-refractivity contribution in [2.45, 2.75) is 20.4 Å². The van der Waals surface area contributed by atoms with Crippen molar-refractivity contribution in [3.63, 3.8) is 0 Å². The van der Waals surface area contributed by atoms with E-state index in [1.54, 1.807) is 4.68 Å². The van der Waals surface area contributed by atoms with Crippen LogP contribution >= 0.6 is 15.9 Å². The minimum atomic E-state index is 0.592. The third-order valence-corrected chi connectivity index (χ3v) is 2.98. The lowest BCUT2D eigenvalue weighted by atomic mass is 10.3. The van der Waals surface area contributed by atoms with Crippen molar-refractivity contribution in [3.8, 4) is 11.6 Å². The van der Waals surface area contributed by atoms with E-state index in [0.29, 0.717) is 11.6 Å². The van der Waals surface area contributed by atoms with Crippen molar-refractivity contribution in [1.29, 1.82) is 0 Å². The number of anilines is 1. The number of aromatic nitrogens is 2. The first kappa shape index (κ1) is 12.0. The average molecular weight is 296 g/mol. The van der Waals surface area contributed by atoms with Crippen molar-refractivity contribution in [3.05, 3.63) is 34.4 Å². The van der Waals surface area contributed by atoms with Gasteiger partial charge in [0.25, 0.3) is 0 Å². The fourth-order valence-corrected chi connectivity index (χ4v) is 1.77. The maximum Gasteiger partial charge on any atom is 0.241 e. The van der Waals surface area contributed by atoms with Gasteiger partial charge in [-0.25, -0.2) is 4.68 Å². The summed E-state index contributed by atoms with van der Waals surface area (Å²) in [6.45, 7) is 4.60. The van der Waals surface area contributed by atoms with Crippen molar-refractivity contribution in [2.75, 3.05) is 5.73 Å². The molecule has 0 fully saturated rings. The molecule has 90 valence electrons. The predicted molar refractivity (Wildman–Crippen MR) is 71.3 cm³/mol. The van der Waals surface area contributed by atoms with Crippen LogP contribution in [0.3, 0.4) is 0 Å². The summed E-state index contributed by atoms with van der Waals surface area (Å²) in [5, 5.41) is 4.30. The fraction of sp³-hybridized carbons (Fsp3) is 0.250. The van der Waals surface area contributed by atoms with Crippen LogP contribution in [0.25, 0.3) is 0 Å². The summed E-state index contributed by atoms with van der Waals surface area (Å²) in [5.74, 6) is 1.35. The molecule has 0 saturated carbocycles. The SMILES string of the molecule is CCn1nc(C)c(N)c1Oc1ccc(Br)cc1. The van der Waals surface area contributed by atoms with Gasteiger partial charge in [0.05, 0.1) is 5.69 Å². The Kier molecular flexibility index (Phi) is 3.38. The van der Waals surface area contributed by atoms with Gasteiger partial charge in [-0.15, -0.1) is 0 Å². The zero-order chi connectivity index (χ0) is 12.4. The van der Waals surface area contributed by atoms with Gasteiger partial charge in [0.2, 0.25) is 5.88 Å². The van der Waals surface area contributed by atoms with Gasteiger partial charge in [-0.05, 0) is 38.1 Å². The molecule has 0 radical (unpaired) electrons.